The van der Waals surface area contributed by atoms with Crippen molar-refractivity contribution >= 4 is 10.0 Å². The topological polar surface area (TPSA) is 83.0 Å². The minimum atomic E-state index is -3.87. The lowest BCUT2D eigenvalue weighted by Crippen LogP contribution is -2.49. The maximum absolute atomic E-state index is 13.7. The smallest absolute Gasteiger partial charge is 0.247 e. The molecule has 1 aromatic heterocycles. The molecule has 0 saturated heterocycles. The monoisotopic (exact) mass is 509 g/mol. The summed E-state index contributed by atoms with van der Waals surface area (Å²) < 4.78 is 35.3. The summed E-state index contributed by atoms with van der Waals surface area (Å²) in [5, 5.41) is 9.85. The average Bonchev–Trinajstić information content (AvgIpc) is 2.86. The Morgan fingerprint density at radius 1 is 1.14 bits per heavy atom. The Bertz CT molecular complexity index is 1270. The third-order valence-electron chi connectivity index (χ3n) is 6.70. The molecule has 0 bridgehead atoms. The van der Waals surface area contributed by atoms with Crippen molar-refractivity contribution in [2.75, 3.05) is 26.7 Å². The van der Waals surface area contributed by atoms with E-state index >= 15 is 0 Å². The summed E-state index contributed by atoms with van der Waals surface area (Å²) in [6, 6.07) is 18.7. The van der Waals surface area contributed by atoms with E-state index in [0.717, 1.165) is 22.4 Å². The Hall–Kier alpha value is -2.78. The fourth-order valence-electron chi connectivity index (χ4n) is 4.51. The lowest BCUT2D eigenvalue weighted by atomic mass is 10.0. The number of hydrogen-bond acceptors (Lipinski definition) is 6. The van der Waals surface area contributed by atoms with Crippen LogP contribution in [0.1, 0.15) is 25.1 Å². The lowest BCUT2D eigenvalue weighted by Gasteiger charge is -2.37. The molecule has 0 unspecified atom stereocenters. The molecule has 0 amide bonds. The fourth-order valence-corrected chi connectivity index (χ4v) is 6.33. The van der Waals surface area contributed by atoms with Crippen molar-refractivity contribution in [3.63, 3.8) is 0 Å². The third kappa shape index (κ3) is 5.78. The van der Waals surface area contributed by atoms with Gasteiger partial charge in [0.1, 0.15) is 16.7 Å². The van der Waals surface area contributed by atoms with Crippen molar-refractivity contribution in [1.82, 2.24) is 14.2 Å². The van der Waals surface area contributed by atoms with E-state index in [9.17, 15) is 13.5 Å². The van der Waals surface area contributed by atoms with Crippen LogP contribution in [0.2, 0.25) is 0 Å². The Morgan fingerprint density at radius 3 is 2.53 bits per heavy atom. The Morgan fingerprint density at radius 2 is 1.86 bits per heavy atom. The molecule has 4 rings (SSSR count). The van der Waals surface area contributed by atoms with Gasteiger partial charge in [-0.05, 0) is 56.3 Å². The van der Waals surface area contributed by atoms with Gasteiger partial charge in [0, 0.05) is 37.8 Å². The predicted molar refractivity (Wildman–Crippen MR) is 141 cm³/mol. The number of aliphatic hydroxyl groups excluding tert-OH is 1. The zero-order valence-electron chi connectivity index (χ0n) is 21.3. The van der Waals surface area contributed by atoms with E-state index in [1.807, 2.05) is 75.5 Å². The van der Waals surface area contributed by atoms with Crippen LogP contribution in [0.15, 0.2) is 71.8 Å². The minimum absolute atomic E-state index is 0.115. The highest BCUT2D eigenvalue weighted by Crippen LogP contribution is 2.36. The summed E-state index contributed by atoms with van der Waals surface area (Å²) in [5.74, 6) is 0.224. The number of aromatic nitrogens is 1. The van der Waals surface area contributed by atoms with E-state index in [-0.39, 0.29) is 30.1 Å². The van der Waals surface area contributed by atoms with Crippen molar-refractivity contribution < 1.29 is 18.3 Å². The molecule has 0 saturated carbocycles. The van der Waals surface area contributed by atoms with Gasteiger partial charge in [0.25, 0.3) is 0 Å². The van der Waals surface area contributed by atoms with Gasteiger partial charge in [-0.2, -0.15) is 4.31 Å². The minimum Gasteiger partial charge on any atom is -0.487 e. The summed E-state index contributed by atoms with van der Waals surface area (Å²) in [6.07, 6.45) is 1.51. The van der Waals surface area contributed by atoms with Crippen LogP contribution in [0.3, 0.4) is 0 Å². The van der Waals surface area contributed by atoms with Crippen molar-refractivity contribution in [2.45, 2.75) is 44.4 Å². The first kappa shape index (κ1) is 26.3. The molecule has 7 nitrogen and oxygen atoms in total. The van der Waals surface area contributed by atoms with Crippen LogP contribution in [-0.2, 0) is 16.6 Å². The molecule has 0 radical (unpaired) electrons. The quantitative estimate of drug-likeness (QED) is 0.519. The van der Waals surface area contributed by atoms with Gasteiger partial charge < -0.3 is 9.84 Å². The molecule has 192 valence electrons. The number of aliphatic hydroxyl groups is 1. The van der Waals surface area contributed by atoms with Gasteiger partial charge in [-0.25, -0.2) is 8.42 Å². The summed E-state index contributed by atoms with van der Waals surface area (Å²) in [4.78, 5) is 6.69. The van der Waals surface area contributed by atoms with Crippen molar-refractivity contribution in [3.05, 3.63) is 78.1 Å². The van der Waals surface area contributed by atoms with Crippen LogP contribution in [0.25, 0.3) is 11.1 Å². The molecular weight excluding hydrogens is 474 g/mol. The second-order valence-electron chi connectivity index (χ2n) is 9.79. The number of ether oxygens (including phenoxy) is 1. The highest BCUT2D eigenvalue weighted by atomic mass is 32.2. The van der Waals surface area contributed by atoms with E-state index < -0.39 is 16.1 Å². The Kier molecular flexibility index (Phi) is 8.10. The summed E-state index contributed by atoms with van der Waals surface area (Å²) >= 11 is 0. The Balaban J connectivity index is 1.72. The van der Waals surface area contributed by atoms with Gasteiger partial charge in [0.05, 0.1) is 12.3 Å². The van der Waals surface area contributed by atoms with Gasteiger partial charge >= 0.3 is 0 Å². The first-order valence-corrected chi connectivity index (χ1v) is 13.7. The zero-order valence-corrected chi connectivity index (χ0v) is 22.1. The molecule has 2 heterocycles. The molecule has 36 heavy (non-hydrogen) atoms. The van der Waals surface area contributed by atoms with Crippen LogP contribution in [-0.4, -0.2) is 66.6 Å². The number of aryl methyl sites for hydroxylation is 1. The zero-order chi connectivity index (χ0) is 25.9. The standard InChI is InChI=1S/C28H35N3O4S/c1-20-8-10-23(11-9-20)24-12-13-28-26(15-24)35-27(18-30(4)17-25-7-5-6-14-29-25)21(2)16-31(22(3)19-32)36(28,33)34/h5-15,21-22,27,32H,16-19H2,1-4H3/t21-,22-,27+/m1/s1. The molecule has 2 aromatic carbocycles. The van der Waals surface area contributed by atoms with E-state index in [1.54, 1.807) is 19.2 Å². The summed E-state index contributed by atoms with van der Waals surface area (Å²) in [5.41, 5.74) is 3.99. The summed E-state index contributed by atoms with van der Waals surface area (Å²) in [6.45, 7) is 7.01. The van der Waals surface area contributed by atoms with Crippen LogP contribution < -0.4 is 4.74 Å². The second-order valence-corrected chi connectivity index (χ2v) is 11.6. The van der Waals surface area contributed by atoms with Gasteiger partial charge in [0.2, 0.25) is 10.0 Å². The first-order chi connectivity index (χ1) is 17.2. The molecule has 1 aliphatic rings. The number of benzene rings is 2. The van der Waals surface area contributed by atoms with E-state index in [2.05, 4.69) is 9.88 Å². The number of sulfonamides is 1. The number of likely N-dealkylation sites (N-methyl/N-ethyl adjacent to an activating group) is 1. The third-order valence-corrected chi connectivity index (χ3v) is 8.72. The van der Waals surface area contributed by atoms with E-state index in [0.29, 0.717) is 18.8 Å². The number of hydrogen-bond donors (Lipinski definition) is 1. The molecule has 1 N–H and O–H groups in total. The average molecular weight is 510 g/mol. The van der Waals surface area contributed by atoms with E-state index in [4.69, 9.17) is 4.74 Å². The van der Waals surface area contributed by atoms with Crippen molar-refractivity contribution in [1.29, 1.82) is 0 Å². The molecule has 0 spiro atoms. The van der Waals surface area contributed by atoms with Crippen molar-refractivity contribution in [2.24, 2.45) is 5.92 Å². The highest BCUT2D eigenvalue weighted by Gasteiger charge is 2.38. The number of fused-ring (bicyclic) bond motifs is 1. The SMILES string of the molecule is Cc1ccc(-c2ccc3c(c2)O[C@@H](CN(C)Cc2ccccn2)[C@H](C)CN([C@H](C)CO)S3(=O)=O)cc1. The first-order valence-electron chi connectivity index (χ1n) is 12.3. The van der Waals surface area contributed by atoms with Gasteiger partial charge in [0.15, 0.2) is 0 Å². The fraction of sp³-hybridized carbons (Fsp3) is 0.393. The van der Waals surface area contributed by atoms with Crippen LogP contribution >= 0.6 is 0 Å². The highest BCUT2D eigenvalue weighted by molar-refractivity contribution is 7.89. The molecule has 0 fully saturated rings. The second kappa shape index (κ2) is 11.1. The Labute approximate surface area is 214 Å². The van der Waals surface area contributed by atoms with Gasteiger partial charge in [-0.1, -0.05) is 48.9 Å². The van der Waals surface area contributed by atoms with Crippen molar-refractivity contribution in [3.8, 4) is 16.9 Å². The normalized spacial score (nSPS) is 20.7. The largest absolute Gasteiger partial charge is 0.487 e. The molecule has 1 aliphatic heterocycles. The molecule has 0 aliphatic carbocycles. The number of nitrogens with zero attached hydrogens (tertiary/aromatic N) is 3. The predicted octanol–water partition coefficient (Wildman–Crippen LogP) is 3.96. The summed E-state index contributed by atoms with van der Waals surface area (Å²) in [7, 11) is -1.86. The molecule has 3 aromatic rings. The number of pyridine rings is 1. The molecule has 3 atom stereocenters. The molecule has 8 heteroatoms. The molecular formula is C28H35N3O4S. The maximum atomic E-state index is 13.7. The van der Waals surface area contributed by atoms with Crippen LogP contribution in [0, 0.1) is 12.8 Å². The van der Waals surface area contributed by atoms with E-state index in [1.165, 1.54) is 4.31 Å². The van der Waals surface area contributed by atoms with Crippen LogP contribution in [0.4, 0.5) is 0 Å². The maximum Gasteiger partial charge on any atom is 0.247 e. The van der Waals surface area contributed by atoms with Gasteiger partial charge in [-0.3, -0.25) is 9.88 Å². The van der Waals surface area contributed by atoms with Crippen LogP contribution in [0.5, 0.6) is 5.75 Å². The lowest BCUT2D eigenvalue weighted by molar-refractivity contribution is 0.0731. The van der Waals surface area contributed by atoms with Gasteiger partial charge in [-0.15, -0.1) is 0 Å². The number of rotatable bonds is 7.